The Morgan fingerprint density at radius 1 is 1.47 bits per heavy atom. The van der Waals surface area contributed by atoms with Gasteiger partial charge in [-0.15, -0.1) is 0 Å². The van der Waals surface area contributed by atoms with Crippen LogP contribution >= 0.6 is 0 Å². The van der Waals surface area contributed by atoms with Crippen molar-refractivity contribution in [1.29, 1.82) is 0 Å². The van der Waals surface area contributed by atoms with E-state index in [2.05, 4.69) is 16.9 Å². The third-order valence-corrected chi connectivity index (χ3v) is 3.14. The Kier molecular flexibility index (Phi) is 2.71. The third-order valence-electron chi connectivity index (χ3n) is 3.14. The van der Waals surface area contributed by atoms with E-state index in [1.54, 1.807) is 12.3 Å². The highest BCUT2D eigenvalue weighted by Crippen LogP contribution is 2.27. The Labute approximate surface area is 90.1 Å². The highest BCUT2D eigenvalue weighted by atomic mass is 16.1. The molecule has 0 unspecified atom stereocenters. The lowest BCUT2D eigenvalue weighted by Gasteiger charge is -2.36. The van der Waals surface area contributed by atoms with E-state index in [0.29, 0.717) is 11.7 Å². The maximum absolute atomic E-state index is 11.1. The second-order valence-corrected chi connectivity index (χ2v) is 4.15. The zero-order valence-corrected chi connectivity index (χ0v) is 9.23. The van der Waals surface area contributed by atoms with Crippen molar-refractivity contribution in [2.45, 2.75) is 32.2 Å². The first-order valence-corrected chi connectivity index (χ1v) is 5.38. The van der Waals surface area contributed by atoms with Gasteiger partial charge in [0.15, 0.2) is 5.78 Å². The fraction of sp³-hybridized carbons (Fsp3) is 0.500. The van der Waals surface area contributed by atoms with Crippen LogP contribution in [0.3, 0.4) is 0 Å². The summed E-state index contributed by atoms with van der Waals surface area (Å²) in [5.74, 6) is 0.0212. The van der Waals surface area contributed by atoms with Crippen molar-refractivity contribution >= 4 is 11.5 Å². The molecular formula is C12H16N2O. The Balaban J connectivity index is 2.11. The predicted octanol–water partition coefficient (Wildman–Crippen LogP) is 2.27. The Hall–Kier alpha value is -1.38. The van der Waals surface area contributed by atoms with Crippen LogP contribution < -0.4 is 4.90 Å². The molecule has 3 nitrogen and oxygen atoms in total. The lowest BCUT2D eigenvalue weighted by atomic mass is 9.91. The molecule has 0 atom stereocenters. The molecule has 1 aliphatic rings. The zero-order chi connectivity index (χ0) is 10.8. The van der Waals surface area contributed by atoms with Crippen LogP contribution in [0.2, 0.25) is 0 Å². The van der Waals surface area contributed by atoms with E-state index in [-0.39, 0.29) is 5.78 Å². The molecule has 1 heterocycles. The maximum atomic E-state index is 11.1. The van der Waals surface area contributed by atoms with Crippen LogP contribution in [-0.2, 0) is 0 Å². The summed E-state index contributed by atoms with van der Waals surface area (Å²) >= 11 is 0. The van der Waals surface area contributed by atoms with E-state index >= 15 is 0 Å². The van der Waals surface area contributed by atoms with Crippen LogP contribution in [-0.4, -0.2) is 23.9 Å². The molecule has 1 aromatic rings. The van der Waals surface area contributed by atoms with E-state index in [1.807, 2.05) is 6.07 Å². The Bertz CT molecular complexity index is 354. The fourth-order valence-electron chi connectivity index (χ4n) is 1.79. The fourth-order valence-corrected chi connectivity index (χ4v) is 1.79. The minimum Gasteiger partial charge on any atom is -0.370 e. The molecule has 0 saturated heterocycles. The van der Waals surface area contributed by atoms with Crippen LogP contribution in [0.1, 0.15) is 36.7 Å². The Morgan fingerprint density at radius 3 is 2.60 bits per heavy atom. The van der Waals surface area contributed by atoms with Gasteiger partial charge in [-0.05, 0) is 31.4 Å². The van der Waals surface area contributed by atoms with Crippen LogP contribution in [0.25, 0.3) is 0 Å². The van der Waals surface area contributed by atoms with E-state index in [9.17, 15) is 4.79 Å². The van der Waals surface area contributed by atoms with Crippen molar-refractivity contribution in [3.05, 3.63) is 24.0 Å². The first kappa shape index (κ1) is 10.1. The van der Waals surface area contributed by atoms with Crippen LogP contribution in [0.15, 0.2) is 18.3 Å². The Morgan fingerprint density at radius 2 is 2.20 bits per heavy atom. The number of Topliss-reactive ketones (excluding diaryl/α,β-unsaturated/α-hetero) is 1. The molecule has 2 rings (SSSR count). The van der Waals surface area contributed by atoms with Crippen molar-refractivity contribution < 1.29 is 4.79 Å². The molecule has 0 N–H and O–H groups in total. The monoisotopic (exact) mass is 204 g/mol. The molecule has 1 aliphatic carbocycles. The van der Waals surface area contributed by atoms with Crippen molar-refractivity contribution in [3.63, 3.8) is 0 Å². The van der Waals surface area contributed by atoms with Gasteiger partial charge in [0.2, 0.25) is 0 Å². The first-order valence-electron chi connectivity index (χ1n) is 5.38. The number of carbonyl (C=O) groups is 1. The molecule has 0 radical (unpaired) electrons. The summed E-state index contributed by atoms with van der Waals surface area (Å²) in [5.41, 5.74) is 1.64. The number of aromatic nitrogens is 1. The van der Waals surface area contributed by atoms with Crippen molar-refractivity contribution in [2.24, 2.45) is 0 Å². The van der Waals surface area contributed by atoms with Gasteiger partial charge in [-0.1, -0.05) is 0 Å². The van der Waals surface area contributed by atoms with Crippen LogP contribution in [0.4, 0.5) is 5.69 Å². The average Bonchev–Trinajstić information content (AvgIpc) is 2.15. The van der Waals surface area contributed by atoms with E-state index in [1.165, 1.54) is 26.2 Å². The van der Waals surface area contributed by atoms with Gasteiger partial charge in [0.1, 0.15) is 5.69 Å². The zero-order valence-electron chi connectivity index (χ0n) is 9.23. The molecule has 0 aliphatic heterocycles. The first-order chi connectivity index (χ1) is 7.18. The highest BCUT2D eigenvalue weighted by Gasteiger charge is 2.22. The summed E-state index contributed by atoms with van der Waals surface area (Å²) in [5, 5.41) is 0. The molecular weight excluding hydrogens is 188 g/mol. The summed E-state index contributed by atoms with van der Waals surface area (Å²) in [4.78, 5) is 17.5. The summed E-state index contributed by atoms with van der Waals surface area (Å²) in [7, 11) is 2.09. The van der Waals surface area contributed by atoms with Crippen molar-refractivity contribution in [2.75, 3.05) is 11.9 Å². The maximum Gasteiger partial charge on any atom is 0.178 e. The van der Waals surface area contributed by atoms with Crippen molar-refractivity contribution in [1.82, 2.24) is 4.98 Å². The molecule has 1 fully saturated rings. The van der Waals surface area contributed by atoms with Gasteiger partial charge in [0.25, 0.3) is 0 Å². The van der Waals surface area contributed by atoms with E-state index in [0.717, 1.165) is 5.69 Å². The molecule has 3 heteroatoms. The quantitative estimate of drug-likeness (QED) is 0.708. The van der Waals surface area contributed by atoms with Gasteiger partial charge >= 0.3 is 0 Å². The number of rotatable bonds is 3. The topological polar surface area (TPSA) is 33.2 Å². The number of hydrogen-bond acceptors (Lipinski definition) is 3. The number of ketones is 1. The van der Waals surface area contributed by atoms with E-state index < -0.39 is 0 Å². The van der Waals surface area contributed by atoms with Gasteiger partial charge in [0.05, 0.1) is 11.9 Å². The average molecular weight is 204 g/mol. The molecule has 15 heavy (non-hydrogen) atoms. The predicted molar refractivity (Wildman–Crippen MR) is 60.3 cm³/mol. The normalized spacial score (nSPS) is 15.9. The minimum absolute atomic E-state index is 0.0212. The van der Waals surface area contributed by atoms with E-state index in [4.69, 9.17) is 0 Å². The third kappa shape index (κ3) is 2.01. The lowest BCUT2D eigenvalue weighted by Crippen LogP contribution is -2.37. The largest absolute Gasteiger partial charge is 0.370 e. The molecule has 0 bridgehead atoms. The second kappa shape index (κ2) is 4.01. The molecule has 0 amide bonds. The van der Waals surface area contributed by atoms with Gasteiger partial charge in [-0.25, -0.2) is 0 Å². The summed E-state index contributed by atoms with van der Waals surface area (Å²) < 4.78 is 0. The van der Waals surface area contributed by atoms with Gasteiger partial charge in [0, 0.05) is 20.0 Å². The smallest absolute Gasteiger partial charge is 0.178 e. The number of anilines is 1. The van der Waals surface area contributed by atoms with Gasteiger partial charge in [-0.2, -0.15) is 0 Å². The summed E-state index contributed by atoms with van der Waals surface area (Å²) in [6.45, 7) is 1.54. The molecule has 80 valence electrons. The minimum atomic E-state index is 0.0212. The van der Waals surface area contributed by atoms with Gasteiger partial charge < -0.3 is 4.90 Å². The molecule has 0 aromatic carbocycles. The second-order valence-electron chi connectivity index (χ2n) is 4.15. The number of carbonyl (C=O) groups excluding carboxylic acids is 1. The summed E-state index contributed by atoms with van der Waals surface area (Å²) in [6, 6.07) is 4.43. The number of pyridine rings is 1. The molecule has 1 aromatic heterocycles. The molecule has 1 saturated carbocycles. The standard InChI is InChI=1S/C12H16N2O/c1-9(15)12-7-6-11(8-13-12)14(2)10-4-3-5-10/h6-8,10H,3-5H2,1-2H3. The number of hydrogen-bond donors (Lipinski definition) is 0. The summed E-state index contributed by atoms with van der Waals surface area (Å²) in [6.07, 6.45) is 5.65. The molecule has 0 spiro atoms. The lowest BCUT2D eigenvalue weighted by molar-refractivity contribution is 0.101. The van der Waals surface area contributed by atoms with Crippen LogP contribution in [0.5, 0.6) is 0 Å². The number of nitrogens with zero attached hydrogens (tertiary/aromatic N) is 2. The van der Waals surface area contributed by atoms with Crippen LogP contribution in [0, 0.1) is 0 Å². The highest BCUT2D eigenvalue weighted by molar-refractivity contribution is 5.92. The van der Waals surface area contributed by atoms with Gasteiger partial charge in [-0.3, -0.25) is 9.78 Å². The van der Waals surface area contributed by atoms with Crippen molar-refractivity contribution in [3.8, 4) is 0 Å². The SMILES string of the molecule is CC(=O)c1ccc(N(C)C2CCC2)cn1.